The number of amides is 1. The Morgan fingerprint density at radius 3 is 2.84 bits per heavy atom. The molecule has 0 unspecified atom stereocenters. The van der Waals surface area contributed by atoms with E-state index >= 15 is 0 Å². The molecule has 1 aliphatic heterocycles. The van der Waals surface area contributed by atoms with Crippen LogP contribution in [0.3, 0.4) is 0 Å². The summed E-state index contributed by atoms with van der Waals surface area (Å²) in [5.74, 6) is 0.601. The first kappa shape index (κ1) is 11.6. The molecule has 4 heteroatoms. The van der Waals surface area contributed by atoms with Crippen LogP contribution in [0.15, 0.2) is 42.5 Å². The zero-order valence-electron chi connectivity index (χ0n) is 10.6. The zero-order chi connectivity index (χ0) is 13.2. The van der Waals surface area contributed by atoms with Crippen molar-refractivity contribution in [2.24, 2.45) is 0 Å². The molecule has 2 aromatic carbocycles. The first-order valence-electron chi connectivity index (χ1n) is 6.11. The molecule has 1 amide bonds. The van der Waals surface area contributed by atoms with E-state index in [0.29, 0.717) is 5.75 Å². The number of fused-ring (bicyclic) bond motifs is 1. The lowest BCUT2D eigenvalue weighted by Crippen LogP contribution is -2.25. The van der Waals surface area contributed by atoms with Gasteiger partial charge < -0.3 is 15.4 Å². The minimum atomic E-state index is -0.113. The second-order valence-corrected chi connectivity index (χ2v) is 4.38. The monoisotopic (exact) mass is 254 g/mol. The van der Waals surface area contributed by atoms with Gasteiger partial charge in [0.15, 0.2) is 6.61 Å². The maximum atomic E-state index is 11.2. The van der Waals surface area contributed by atoms with Gasteiger partial charge in [-0.1, -0.05) is 18.2 Å². The molecule has 0 radical (unpaired) electrons. The number of hydrogen-bond donors (Lipinski definition) is 2. The number of ether oxygens (including phenoxy) is 1. The molecule has 0 aromatic heterocycles. The lowest BCUT2D eigenvalue weighted by Gasteiger charge is -2.18. The molecule has 0 fully saturated rings. The quantitative estimate of drug-likeness (QED) is 0.866. The van der Waals surface area contributed by atoms with Gasteiger partial charge >= 0.3 is 0 Å². The van der Waals surface area contributed by atoms with Gasteiger partial charge in [0, 0.05) is 12.7 Å². The van der Waals surface area contributed by atoms with Gasteiger partial charge in [0.05, 0.1) is 5.69 Å². The van der Waals surface area contributed by atoms with Gasteiger partial charge in [-0.3, -0.25) is 4.79 Å². The molecule has 0 bridgehead atoms. The van der Waals surface area contributed by atoms with E-state index < -0.39 is 0 Å². The molecule has 2 aromatic rings. The summed E-state index contributed by atoms with van der Waals surface area (Å²) in [6.45, 7) is 0.0764. The van der Waals surface area contributed by atoms with Crippen molar-refractivity contribution in [2.45, 2.75) is 0 Å². The minimum Gasteiger partial charge on any atom is -0.482 e. The number of benzene rings is 2. The third kappa shape index (κ3) is 2.25. The van der Waals surface area contributed by atoms with Crippen LogP contribution in [0, 0.1) is 0 Å². The number of carbonyl (C=O) groups is 1. The van der Waals surface area contributed by atoms with Crippen molar-refractivity contribution < 1.29 is 9.53 Å². The Balaban J connectivity index is 1.99. The number of hydrogen-bond acceptors (Lipinski definition) is 3. The van der Waals surface area contributed by atoms with E-state index in [1.165, 1.54) is 0 Å². The molecule has 1 aliphatic rings. The Kier molecular flexibility index (Phi) is 2.83. The fourth-order valence-corrected chi connectivity index (χ4v) is 2.11. The van der Waals surface area contributed by atoms with Gasteiger partial charge in [-0.15, -0.1) is 0 Å². The van der Waals surface area contributed by atoms with E-state index in [2.05, 4.69) is 16.7 Å². The van der Waals surface area contributed by atoms with Gasteiger partial charge in [0.25, 0.3) is 5.91 Å². The van der Waals surface area contributed by atoms with Crippen LogP contribution >= 0.6 is 0 Å². The minimum absolute atomic E-state index is 0.0764. The summed E-state index contributed by atoms with van der Waals surface area (Å²) in [4.78, 5) is 11.2. The smallest absolute Gasteiger partial charge is 0.262 e. The van der Waals surface area contributed by atoms with Crippen molar-refractivity contribution in [3.05, 3.63) is 42.5 Å². The van der Waals surface area contributed by atoms with Gasteiger partial charge in [0.1, 0.15) is 5.75 Å². The Hall–Kier alpha value is -2.49. The van der Waals surface area contributed by atoms with E-state index in [4.69, 9.17) is 4.74 Å². The molecule has 2 N–H and O–H groups in total. The number of carbonyl (C=O) groups excluding carboxylic acids is 1. The molecule has 0 aliphatic carbocycles. The van der Waals surface area contributed by atoms with Crippen LogP contribution in [0.4, 0.5) is 11.4 Å². The van der Waals surface area contributed by atoms with Crippen LogP contribution < -0.4 is 15.4 Å². The fourth-order valence-electron chi connectivity index (χ4n) is 2.11. The van der Waals surface area contributed by atoms with Crippen LogP contribution in [0.25, 0.3) is 11.1 Å². The average molecular weight is 254 g/mol. The third-order valence-corrected chi connectivity index (χ3v) is 3.10. The van der Waals surface area contributed by atoms with Crippen LogP contribution in [0.1, 0.15) is 0 Å². The van der Waals surface area contributed by atoms with Crippen molar-refractivity contribution in [3.63, 3.8) is 0 Å². The van der Waals surface area contributed by atoms with E-state index in [1.54, 1.807) is 0 Å². The predicted molar refractivity (Wildman–Crippen MR) is 75.5 cm³/mol. The number of rotatable bonds is 2. The molecular weight excluding hydrogens is 240 g/mol. The molecule has 0 saturated heterocycles. The summed E-state index contributed by atoms with van der Waals surface area (Å²) >= 11 is 0. The standard InChI is InChI=1S/C15H14N2O2/c1-16-12-4-2-3-10(7-12)11-5-6-13-14(8-11)19-9-15(18)17-13/h2-8,16H,9H2,1H3,(H,17,18). The van der Waals surface area contributed by atoms with E-state index in [1.807, 2.05) is 43.4 Å². The lowest BCUT2D eigenvalue weighted by atomic mass is 10.0. The third-order valence-electron chi connectivity index (χ3n) is 3.10. The lowest BCUT2D eigenvalue weighted by molar-refractivity contribution is -0.118. The van der Waals surface area contributed by atoms with Gasteiger partial charge in [-0.2, -0.15) is 0 Å². The highest BCUT2D eigenvalue weighted by molar-refractivity contribution is 5.96. The maximum absolute atomic E-state index is 11.2. The average Bonchev–Trinajstić information content (AvgIpc) is 2.46. The molecule has 4 nitrogen and oxygen atoms in total. The number of nitrogens with one attached hydrogen (secondary N) is 2. The summed E-state index contributed by atoms with van der Waals surface area (Å²) in [5.41, 5.74) is 3.95. The molecule has 3 rings (SSSR count). The Morgan fingerprint density at radius 1 is 1.16 bits per heavy atom. The highest BCUT2D eigenvalue weighted by Crippen LogP contribution is 2.33. The highest BCUT2D eigenvalue weighted by atomic mass is 16.5. The fraction of sp³-hybridized carbons (Fsp3) is 0.133. The van der Waals surface area contributed by atoms with Crippen LogP contribution in [0.2, 0.25) is 0 Å². The van der Waals surface area contributed by atoms with Crippen molar-refractivity contribution in [2.75, 3.05) is 24.3 Å². The summed E-state index contributed by atoms with van der Waals surface area (Å²) in [7, 11) is 1.89. The molecule has 96 valence electrons. The maximum Gasteiger partial charge on any atom is 0.262 e. The summed E-state index contributed by atoms with van der Waals surface area (Å²) in [6.07, 6.45) is 0. The van der Waals surface area contributed by atoms with Gasteiger partial charge in [-0.05, 0) is 35.4 Å². The van der Waals surface area contributed by atoms with Gasteiger partial charge in [0.2, 0.25) is 0 Å². The van der Waals surface area contributed by atoms with Crippen molar-refractivity contribution in [1.82, 2.24) is 0 Å². The van der Waals surface area contributed by atoms with Crippen molar-refractivity contribution >= 4 is 17.3 Å². The van der Waals surface area contributed by atoms with E-state index in [0.717, 1.165) is 22.5 Å². The zero-order valence-corrected chi connectivity index (χ0v) is 10.6. The SMILES string of the molecule is CNc1cccc(-c2ccc3c(c2)OCC(=O)N3)c1. The van der Waals surface area contributed by atoms with Crippen LogP contribution in [-0.2, 0) is 4.79 Å². The Morgan fingerprint density at radius 2 is 2.00 bits per heavy atom. The summed E-state index contributed by atoms with van der Waals surface area (Å²) in [6, 6.07) is 13.9. The summed E-state index contributed by atoms with van der Waals surface area (Å²) < 4.78 is 5.43. The molecule has 0 saturated carbocycles. The second-order valence-electron chi connectivity index (χ2n) is 4.38. The van der Waals surface area contributed by atoms with Crippen LogP contribution in [-0.4, -0.2) is 19.6 Å². The Labute approximate surface area is 111 Å². The second kappa shape index (κ2) is 4.65. The van der Waals surface area contributed by atoms with Crippen molar-refractivity contribution in [1.29, 1.82) is 0 Å². The first-order chi connectivity index (χ1) is 9.26. The van der Waals surface area contributed by atoms with E-state index in [-0.39, 0.29) is 12.5 Å². The topological polar surface area (TPSA) is 50.4 Å². The molecule has 0 spiro atoms. The normalized spacial score (nSPS) is 13.2. The molecule has 0 atom stereocenters. The molecular formula is C15H14N2O2. The highest BCUT2D eigenvalue weighted by Gasteiger charge is 2.16. The van der Waals surface area contributed by atoms with Crippen LogP contribution in [0.5, 0.6) is 5.75 Å². The first-order valence-corrected chi connectivity index (χ1v) is 6.11. The summed E-state index contributed by atoms with van der Waals surface area (Å²) in [5, 5.41) is 5.90. The molecule has 1 heterocycles. The van der Waals surface area contributed by atoms with E-state index in [9.17, 15) is 4.79 Å². The van der Waals surface area contributed by atoms with Gasteiger partial charge in [-0.25, -0.2) is 0 Å². The van der Waals surface area contributed by atoms with Crippen molar-refractivity contribution in [3.8, 4) is 16.9 Å². The predicted octanol–water partition coefficient (Wildman–Crippen LogP) is 2.73. The number of anilines is 2. The Bertz CT molecular complexity index is 638. The largest absolute Gasteiger partial charge is 0.482 e. The molecule has 19 heavy (non-hydrogen) atoms.